The lowest BCUT2D eigenvalue weighted by Gasteiger charge is -2.11. The summed E-state index contributed by atoms with van der Waals surface area (Å²) >= 11 is 0. The summed E-state index contributed by atoms with van der Waals surface area (Å²) in [5.41, 5.74) is 6.46. The van der Waals surface area contributed by atoms with Gasteiger partial charge in [0.2, 0.25) is 11.7 Å². The van der Waals surface area contributed by atoms with Crippen LogP contribution in [-0.2, 0) is 19.6 Å². The molecule has 0 aliphatic heterocycles. The molecule has 6 nitrogen and oxygen atoms in total. The Morgan fingerprint density at radius 2 is 1.96 bits per heavy atom. The molecule has 9 heteroatoms. The fraction of sp³-hybridized carbons (Fsp3) is 0.176. The number of halogens is 3. The maximum Gasteiger partial charge on any atom is 0.416 e. The quantitative estimate of drug-likeness (QED) is 0.774. The fourth-order valence-corrected chi connectivity index (χ4v) is 2.56. The van der Waals surface area contributed by atoms with Crippen LogP contribution in [0.4, 0.5) is 13.2 Å². The summed E-state index contributed by atoms with van der Waals surface area (Å²) < 4.78 is 38.7. The number of aromatic nitrogens is 4. The van der Waals surface area contributed by atoms with Gasteiger partial charge in [0.1, 0.15) is 0 Å². The number of alkyl halides is 3. The Kier molecular flexibility index (Phi) is 4.45. The van der Waals surface area contributed by atoms with Gasteiger partial charge >= 0.3 is 6.18 Å². The average Bonchev–Trinajstić information content (AvgIpc) is 3.01. The fourth-order valence-electron chi connectivity index (χ4n) is 2.56. The van der Waals surface area contributed by atoms with Crippen molar-refractivity contribution >= 4 is 5.91 Å². The molecule has 0 aliphatic carbocycles. The molecule has 0 radical (unpaired) electrons. The Balaban J connectivity index is 2.04. The number of benzene rings is 2. The molecule has 1 heterocycles. The number of hydrogen-bond donors (Lipinski definition) is 1. The molecule has 0 unspecified atom stereocenters. The van der Waals surface area contributed by atoms with Crippen molar-refractivity contribution in [3.05, 3.63) is 64.7 Å². The molecule has 0 fully saturated rings. The van der Waals surface area contributed by atoms with Crippen LogP contribution < -0.4 is 5.73 Å². The number of hydrogen-bond acceptors (Lipinski definition) is 4. The van der Waals surface area contributed by atoms with Crippen molar-refractivity contribution in [3.8, 4) is 11.4 Å². The number of rotatable bonds is 4. The molecule has 3 rings (SSSR count). The molecular weight excluding hydrogens is 347 g/mol. The van der Waals surface area contributed by atoms with Gasteiger partial charge in [-0.2, -0.15) is 18.0 Å². The second-order valence-corrected chi connectivity index (χ2v) is 5.71. The van der Waals surface area contributed by atoms with Crippen LogP contribution in [0.25, 0.3) is 11.4 Å². The molecule has 0 aliphatic rings. The first-order valence-corrected chi connectivity index (χ1v) is 7.57. The van der Waals surface area contributed by atoms with Crippen LogP contribution >= 0.6 is 0 Å². The van der Waals surface area contributed by atoms with Crippen LogP contribution in [-0.4, -0.2) is 26.1 Å². The molecule has 0 saturated carbocycles. The number of aryl methyl sites for hydroxylation is 1. The van der Waals surface area contributed by atoms with Crippen molar-refractivity contribution in [2.45, 2.75) is 12.6 Å². The minimum absolute atomic E-state index is 0.205. The van der Waals surface area contributed by atoms with Gasteiger partial charge in [0.25, 0.3) is 0 Å². The summed E-state index contributed by atoms with van der Waals surface area (Å²) in [6.07, 6.45) is -4.21. The van der Waals surface area contributed by atoms with Crippen molar-refractivity contribution in [2.75, 3.05) is 0 Å². The van der Waals surface area contributed by atoms with Gasteiger partial charge in [-0.1, -0.05) is 24.3 Å². The van der Waals surface area contributed by atoms with Crippen LogP contribution in [0.5, 0.6) is 0 Å². The summed E-state index contributed by atoms with van der Waals surface area (Å²) in [5.74, 6) is -0.363. The first kappa shape index (κ1) is 17.6. The monoisotopic (exact) mass is 361 g/mol. The summed E-state index contributed by atoms with van der Waals surface area (Å²) in [5, 5.41) is 11.8. The highest BCUT2D eigenvalue weighted by molar-refractivity contribution is 5.94. The number of carbonyl (C=O) groups is 1. The Labute approximate surface area is 146 Å². The molecule has 0 spiro atoms. The highest BCUT2D eigenvalue weighted by atomic mass is 19.4. The van der Waals surface area contributed by atoms with Gasteiger partial charge in [-0.05, 0) is 41.0 Å². The highest BCUT2D eigenvalue weighted by Gasteiger charge is 2.30. The van der Waals surface area contributed by atoms with E-state index in [1.165, 1.54) is 23.0 Å². The minimum Gasteiger partial charge on any atom is -0.366 e. The zero-order chi connectivity index (χ0) is 18.9. The first-order chi connectivity index (χ1) is 12.2. The average molecular weight is 361 g/mol. The van der Waals surface area contributed by atoms with Gasteiger partial charge in [-0.25, -0.2) is 0 Å². The lowest BCUT2D eigenvalue weighted by atomic mass is 9.96. The topological polar surface area (TPSA) is 86.7 Å². The third-order valence-electron chi connectivity index (χ3n) is 3.79. The summed E-state index contributed by atoms with van der Waals surface area (Å²) in [6.45, 7) is 0. The van der Waals surface area contributed by atoms with E-state index in [2.05, 4.69) is 15.4 Å². The predicted molar refractivity (Wildman–Crippen MR) is 87.0 cm³/mol. The maximum absolute atomic E-state index is 12.9. The van der Waals surface area contributed by atoms with Crippen LogP contribution in [0.2, 0.25) is 0 Å². The Hall–Kier alpha value is -3.23. The largest absolute Gasteiger partial charge is 0.416 e. The van der Waals surface area contributed by atoms with E-state index >= 15 is 0 Å². The lowest BCUT2D eigenvalue weighted by molar-refractivity contribution is -0.137. The van der Waals surface area contributed by atoms with Gasteiger partial charge in [0.15, 0.2) is 0 Å². The number of amides is 1. The number of nitrogens with two attached hydrogens (primary N) is 1. The SMILES string of the molecule is Cn1nnc(-c2cc(C(N)=O)ccc2Cc2cccc(C(F)(F)F)c2)n1. The second kappa shape index (κ2) is 6.58. The van der Waals surface area contributed by atoms with Crippen LogP contribution in [0.1, 0.15) is 27.0 Å². The van der Waals surface area contributed by atoms with Gasteiger partial charge in [0.05, 0.1) is 12.6 Å². The summed E-state index contributed by atoms with van der Waals surface area (Å²) in [7, 11) is 1.58. The number of primary amides is 1. The molecule has 0 bridgehead atoms. The van der Waals surface area contributed by atoms with E-state index in [0.717, 1.165) is 12.1 Å². The van der Waals surface area contributed by atoms with Crippen molar-refractivity contribution in [3.63, 3.8) is 0 Å². The molecule has 2 aromatic carbocycles. The minimum atomic E-state index is -4.42. The molecular formula is C17H14F3N5O. The summed E-state index contributed by atoms with van der Waals surface area (Å²) in [4.78, 5) is 12.7. The van der Waals surface area contributed by atoms with E-state index in [1.807, 2.05) is 0 Å². The molecule has 3 aromatic rings. The Bertz CT molecular complexity index is 965. The lowest BCUT2D eigenvalue weighted by Crippen LogP contribution is -2.11. The highest BCUT2D eigenvalue weighted by Crippen LogP contribution is 2.31. The van der Waals surface area contributed by atoms with Gasteiger partial charge in [-0.15, -0.1) is 10.2 Å². The van der Waals surface area contributed by atoms with E-state index in [1.54, 1.807) is 19.2 Å². The molecule has 26 heavy (non-hydrogen) atoms. The number of tetrazole rings is 1. The first-order valence-electron chi connectivity index (χ1n) is 7.57. The van der Waals surface area contributed by atoms with E-state index in [-0.39, 0.29) is 17.8 Å². The zero-order valence-corrected chi connectivity index (χ0v) is 13.7. The predicted octanol–water partition coefficient (Wildman–Crippen LogP) is 2.59. The molecule has 1 aromatic heterocycles. The maximum atomic E-state index is 12.9. The summed E-state index contributed by atoms with van der Waals surface area (Å²) in [6, 6.07) is 9.74. The molecule has 0 saturated heterocycles. The van der Waals surface area contributed by atoms with E-state index in [0.29, 0.717) is 16.7 Å². The smallest absolute Gasteiger partial charge is 0.366 e. The van der Waals surface area contributed by atoms with E-state index < -0.39 is 17.6 Å². The van der Waals surface area contributed by atoms with Crippen molar-refractivity contribution in [1.82, 2.24) is 20.2 Å². The van der Waals surface area contributed by atoms with Gasteiger partial charge in [-0.3, -0.25) is 4.79 Å². The van der Waals surface area contributed by atoms with Crippen molar-refractivity contribution in [2.24, 2.45) is 12.8 Å². The third-order valence-corrected chi connectivity index (χ3v) is 3.79. The molecule has 0 atom stereocenters. The second-order valence-electron chi connectivity index (χ2n) is 5.71. The van der Waals surface area contributed by atoms with Gasteiger partial charge < -0.3 is 5.73 Å². The number of carbonyl (C=O) groups excluding carboxylic acids is 1. The zero-order valence-electron chi connectivity index (χ0n) is 13.7. The van der Waals surface area contributed by atoms with Gasteiger partial charge in [0, 0.05) is 11.1 Å². The van der Waals surface area contributed by atoms with Crippen LogP contribution in [0, 0.1) is 0 Å². The molecule has 1 amide bonds. The Morgan fingerprint density at radius 3 is 2.58 bits per heavy atom. The Morgan fingerprint density at radius 1 is 1.19 bits per heavy atom. The van der Waals surface area contributed by atoms with E-state index in [4.69, 9.17) is 5.73 Å². The normalized spacial score (nSPS) is 11.5. The van der Waals surface area contributed by atoms with Crippen molar-refractivity contribution in [1.29, 1.82) is 0 Å². The third kappa shape index (κ3) is 3.71. The van der Waals surface area contributed by atoms with Crippen LogP contribution in [0.3, 0.4) is 0 Å². The number of nitrogens with zero attached hydrogens (tertiary/aromatic N) is 4. The van der Waals surface area contributed by atoms with E-state index in [9.17, 15) is 18.0 Å². The standard InChI is InChI=1S/C17H14F3N5O/c1-25-23-16(22-24-25)14-9-12(15(21)26)6-5-11(14)7-10-3-2-4-13(8-10)17(18,19)20/h2-6,8-9H,7H2,1H3,(H2,21,26). The molecule has 2 N–H and O–H groups in total. The molecule has 134 valence electrons. The van der Waals surface area contributed by atoms with Crippen LogP contribution in [0.15, 0.2) is 42.5 Å². The van der Waals surface area contributed by atoms with Crippen molar-refractivity contribution < 1.29 is 18.0 Å².